The molecule has 2 aromatic rings. The Bertz CT molecular complexity index is 681. The number of rotatable bonds is 5. The fourth-order valence-electron chi connectivity index (χ4n) is 2.35. The number of hydrogen-bond acceptors (Lipinski definition) is 6. The van der Waals surface area contributed by atoms with Crippen LogP contribution in [-0.4, -0.2) is 41.2 Å². The summed E-state index contributed by atoms with van der Waals surface area (Å²) in [5.41, 5.74) is 2.80. The second kappa shape index (κ2) is 7.49. The molecule has 2 atom stereocenters. The normalized spacial score (nSPS) is 21.0. The van der Waals surface area contributed by atoms with Gasteiger partial charge in [-0.25, -0.2) is 4.98 Å². The van der Waals surface area contributed by atoms with Crippen LogP contribution in [0.4, 0.5) is 0 Å². The zero-order chi connectivity index (χ0) is 16.1. The summed E-state index contributed by atoms with van der Waals surface area (Å²) in [6, 6.07) is 2.69. The molecule has 2 N–H and O–H groups in total. The van der Waals surface area contributed by atoms with Crippen LogP contribution in [0.25, 0.3) is 0 Å². The van der Waals surface area contributed by atoms with Crippen molar-refractivity contribution in [2.45, 2.75) is 25.2 Å². The molecule has 1 amide bonds. The Labute approximate surface area is 136 Å². The fourth-order valence-corrected chi connectivity index (χ4v) is 2.89. The number of thiazole rings is 1. The van der Waals surface area contributed by atoms with Crippen LogP contribution in [0.1, 0.15) is 22.5 Å². The third kappa shape index (κ3) is 4.25. The van der Waals surface area contributed by atoms with Gasteiger partial charge in [0.05, 0.1) is 36.0 Å². The van der Waals surface area contributed by atoms with E-state index in [1.54, 1.807) is 5.51 Å². The predicted molar refractivity (Wildman–Crippen MR) is 84.4 cm³/mol. The average Bonchev–Trinajstić information content (AvgIpc) is 3.08. The molecular weight excluding hydrogens is 318 g/mol. The molecule has 23 heavy (non-hydrogen) atoms. The number of pyridine rings is 1. The molecule has 2 aromatic heterocycles. The number of carbonyl (C=O) groups is 1. The molecule has 1 fully saturated rings. The van der Waals surface area contributed by atoms with Gasteiger partial charge in [-0.3, -0.25) is 9.59 Å². The Morgan fingerprint density at radius 2 is 2.43 bits per heavy atom. The van der Waals surface area contributed by atoms with Crippen molar-refractivity contribution in [2.75, 3.05) is 13.2 Å². The summed E-state index contributed by atoms with van der Waals surface area (Å²) in [6.45, 7) is 1.40. The monoisotopic (exact) mass is 335 g/mol. The highest BCUT2D eigenvalue weighted by molar-refractivity contribution is 7.07. The van der Waals surface area contributed by atoms with Crippen molar-refractivity contribution in [1.29, 1.82) is 0 Å². The van der Waals surface area contributed by atoms with Gasteiger partial charge in [0.15, 0.2) is 0 Å². The van der Waals surface area contributed by atoms with E-state index < -0.39 is 0 Å². The molecule has 3 heterocycles. The number of aromatic amines is 1. The van der Waals surface area contributed by atoms with Crippen molar-refractivity contribution in [3.05, 3.63) is 50.8 Å². The van der Waals surface area contributed by atoms with Gasteiger partial charge in [-0.1, -0.05) is 0 Å². The van der Waals surface area contributed by atoms with Crippen molar-refractivity contribution < 1.29 is 14.3 Å². The predicted octanol–water partition coefficient (Wildman–Crippen LogP) is 0.935. The van der Waals surface area contributed by atoms with E-state index in [0.29, 0.717) is 31.8 Å². The Morgan fingerprint density at radius 3 is 3.17 bits per heavy atom. The minimum Gasteiger partial charge on any atom is -0.379 e. The summed E-state index contributed by atoms with van der Waals surface area (Å²) >= 11 is 1.51. The molecular formula is C15H17N3O4S. The summed E-state index contributed by atoms with van der Waals surface area (Å²) in [7, 11) is 0. The van der Waals surface area contributed by atoms with Gasteiger partial charge >= 0.3 is 0 Å². The lowest BCUT2D eigenvalue weighted by Gasteiger charge is -2.31. The zero-order valence-corrected chi connectivity index (χ0v) is 13.2. The molecule has 0 spiro atoms. The molecule has 0 unspecified atom stereocenters. The van der Waals surface area contributed by atoms with Crippen molar-refractivity contribution in [2.24, 2.45) is 0 Å². The van der Waals surface area contributed by atoms with E-state index in [2.05, 4.69) is 15.3 Å². The van der Waals surface area contributed by atoms with Crippen LogP contribution in [0.15, 0.2) is 34.0 Å². The first-order chi connectivity index (χ1) is 11.2. The number of carbonyl (C=O) groups excluding carboxylic acids is 1. The number of hydrogen-bond donors (Lipinski definition) is 2. The van der Waals surface area contributed by atoms with E-state index in [0.717, 1.165) is 5.69 Å². The molecule has 122 valence electrons. The van der Waals surface area contributed by atoms with E-state index in [1.807, 2.05) is 5.38 Å². The fraction of sp³-hybridized carbons (Fsp3) is 0.400. The van der Waals surface area contributed by atoms with Crippen molar-refractivity contribution >= 4 is 17.2 Å². The minimum absolute atomic E-state index is 0.137. The number of aromatic nitrogens is 2. The van der Waals surface area contributed by atoms with Crippen LogP contribution in [0.3, 0.4) is 0 Å². The Morgan fingerprint density at radius 1 is 1.52 bits per heavy atom. The molecule has 0 aliphatic carbocycles. The van der Waals surface area contributed by atoms with Gasteiger partial charge in [0.2, 0.25) is 5.56 Å². The maximum absolute atomic E-state index is 12.3. The van der Waals surface area contributed by atoms with Crippen molar-refractivity contribution in [1.82, 2.24) is 15.3 Å². The number of ether oxygens (including phenoxy) is 2. The second-order valence-corrected chi connectivity index (χ2v) is 5.93. The third-order valence-electron chi connectivity index (χ3n) is 3.60. The highest BCUT2D eigenvalue weighted by Gasteiger charge is 2.28. The summed E-state index contributed by atoms with van der Waals surface area (Å²) < 4.78 is 11.3. The molecule has 0 radical (unpaired) electrons. The topological polar surface area (TPSA) is 93.3 Å². The lowest BCUT2D eigenvalue weighted by molar-refractivity contribution is -0.0742. The zero-order valence-electron chi connectivity index (χ0n) is 12.4. The molecule has 1 aliphatic heterocycles. The van der Waals surface area contributed by atoms with Crippen LogP contribution >= 0.6 is 11.3 Å². The second-order valence-electron chi connectivity index (χ2n) is 5.21. The van der Waals surface area contributed by atoms with Gasteiger partial charge in [0.25, 0.3) is 5.91 Å². The SMILES string of the molecule is O=C(N[C@@H]1CCOC[C@H]1OCc1cscn1)c1ccc(=O)[nH]c1. The van der Waals surface area contributed by atoms with Gasteiger partial charge in [0.1, 0.15) is 6.10 Å². The quantitative estimate of drug-likeness (QED) is 0.848. The van der Waals surface area contributed by atoms with Gasteiger partial charge in [-0.15, -0.1) is 11.3 Å². The average molecular weight is 335 g/mol. The van der Waals surface area contributed by atoms with Crippen molar-refractivity contribution in [3.63, 3.8) is 0 Å². The highest BCUT2D eigenvalue weighted by Crippen LogP contribution is 2.14. The number of nitrogens with one attached hydrogen (secondary N) is 2. The van der Waals surface area contributed by atoms with Crippen LogP contribution in [0.5, 0.6) is 0 Å². The lowest BCUT2D eigenvalue weighted by atomic mass is 10.1. The van der Waals surface area contributed by atoms with E-state index >= 15 is 0 Å². The molecule has 8 heteroatoms. The van der Waals surface area contributed by atoms with Crippen LogP contribution in [0.2, 0.25) is 0 Å². The van der Waals surface area contributed by atoms with Crippen molar-refractivity contribution in [3.8, 4) is 0 Å². The molecule has 0 bridgehead atoms. The van der Waals surface area contributed by atoms with E-state index in [9.17, 15) is 9.59 Å². The number of H-pyrrole nitrogens is 1. The van der Waals surface area contributed by atoms with Crippen LogP contribution < -0.4 is 10.9 Å². The molecule has 1 saturated heterocycles. The first-order valence-electron chi connectivity index (χ1n) is 7.28. The largest absolute Gasteiger partial charge is 0.379 e. The number of amides is 1. The first kappa shape index (κ1) is 15.9. The Hall–Kier alpha value is -2.03. The molecule has 3 rings (SSSR count). The van der Waals surface area contributed by atoms with E-state index in [4.69, 9.17) is 9.47 Å². The van der Waals surface area contributed by atoms with Crippen LogP contribution in [0, 0.1) is 0 Å². The van der Waals surface area contributed by atoms with E-state index in [-0.39, 0.29) is 23.6 Å². The standard InChI is InChI=1S/C15H17N3O4S/c19-14-2-1-10(5-16-14)15(20)18-12-3-4-21-7-13(12)22-6-11-8-23-9-17-11/h1-2,5,8-9,12-13H,3-4,6-7H2,(H,16,19)(H,18,20)/t12-,13-/m1/s1. The van der Waals surface area contributed by atoms with Gasteiger partial charge < -0.3 is 19.8 Å². The molecule has 1 aliphatic rings. The minimum atomic E-state index is -0.240. The summed E-state index contributed by atoms with van der Waals surface area (Å²) in [5, 5.41) is 4.88. The van der Waals surface area contributed by atoms with Gasteiger partial charge in [0, 0.05) is 24.3 Å². The third-order valence-corrected chi connectivity index (χ3v) is 4.23. The smallest absolute Gasteiger partial charge is 0.253 e. The highest BCUT2D eigenvalue weighted by atomic mass is 32.1. The molecule has 7 nitrogen and oxygen atoms in total. The Balaban J connectivity index is 1.60. The number of nitrogens with zero attached hydrogens (tertiary/aromatic N) is 1. The molecule has 0 saturated carbocycles. The maximum Gasteiger partial charge on any atom is 0.253 e. The molecule has 0 aromatic carbocycles. The maximum atomic E-state index is 12.3. The van der Waals surface area contributed by atoms with E-state index in [1.165, 1.54) is 29.7 Å². The van der Waals surface area contributed by atoms with Gasteiger partial charge in [-0.05, 0) is 12.5 Å². The summed E-state index contributed by atoms with van der Waals surface area (Å²) in [6.07, 6.45) is 1.86. The van der Waals surface area contributed by atoms with Gasteiger partial charge in [-0.2, -0.15) is 0 Å². The summed E-state index contributed by atoms with van der Waals surface area (Å²) in [5.74, 6) is -0.240. The Kier molecular flexibility index (Phi) is 5.16. The first-order valence-corrected chi connectivity index (χ1v) is 8.22. The summed E-state index contributed by atoms with van der Waals surface area (Å²) in [4.78, 5) is 30.0. The lowest BCUT2D eigenvalue weighted by Crippen LogP contribution is -2.50. The van der Waals surface area contributed by atoms with Crippen LogP contribution in [-0.2, 0) is 16.1 Å².